The Kier molecular flexibility index (Phi) is 15.6. The summed E-state index contributed by atoms with van der Waals surface area (Å²) in [6.45, 7) is 7.24. The van der Waals surface area contributed by atoms with E-state index in [2.05, 4.69) is 0 Å². The number of ether oxygens (including phenoxy) is 8. The number of aliphatic hydroxyl groups is 1. The van der Waals surface area contributed by atoms with Gasteiger partial charge in [0.1, 0.15) is 23.7 Å². The number of rotatable bonds is 20. The number of aliphatic hydroxyl groups excluding tert-OH is 1. The largest absolute Gasteiger partial charge is 0.497 e. The molecule has 0 radical (unpaired) electrons. The van der Waals surface area contributed by atoms with E-state index in [1.807, 2.05) is 118 Å². The Morgan fingerprint density at radius 2 is 1.36 bits per heavy atom. The maximum atomic E-state index is 13.5. The standard InChI is InChI=1S/C46H56O10/c1-33(53-31-34-14-9-7-10-15-34)41(54-32-36-20-24-39(50-5)25-21-36)28-40-29-42(55-44(48)37-16-11-8-12-17-37)43(47)46(51-6,56-40)45(2,3)26-13-27-52-30-35-18-22-38(49-4)23-19-35/h7-26,33,40-43,47H,27-32H2,1-6H3/t33-,40-,41-,42+,43+,46-/m1/s1. The molecule has 0 unspecified atom stereocenters. The molecule has 1 saturated heterocycles. The highest BCUT2D eigenvalue weighted by Gasteiger charge is 2.59. The Balaban J connectivity index is 1.38. The third-order valence-electron chi connectivity index (χ3n) is 10.2. The van der Waals surface area contributed by atoms with E-state index < -0.39 is 41.6 Å². The van der Waals surface area contributed by atoms with Crippen molar-refractivity contribution in [2.75, 3.05) is 27.9 Å². The minimum absolute atomic E-state index is 0.198. The Labute approximate surface area is 331 Å². The van der Waals surface area contributed by atoms with Crippen LogP contribution in [0.5, 0.6) is 11.5 Å². The van der Waals surface area contributed by atoms with E-state index in [1.165, 1.54) is 7.11 Å². The highest BCUT2D eigenvalue weighted by Crippen LogP contribution is 2.46. The molecular formula is C46H56O10. The number of esters is 1. The first-order valence-corrected chi connectivity index (χ1v) is 19.0. The molecule has 10 nitrogen and oxygen atoms in total. The van der Waals surface area contributed by atoms with Gasteiger partial charge in [0.25, 0.3) is 0 Å². The molecule has 0 amide bonds. The number of hydrogen-bond donors (Lipinski definition) is 1. The second-order valence-corrected chi connectivity index (χ2v) is 14.5. The van der Waals surface area contributed by atoms with Crippen molar-refractivity contribution in [1.82, 2.24) is 0 Å². The lowest BCUT2D eigenvalue weighted by Crippen LogP contribution is -2.66. The summed E-state index contributed by atoms with van der Waals surface area (Å²) in [5, 5.41) is 12.1. The average Bonchev–Trinajstić information content (AvgIpc) is 3.23. The van der Waals surface area contributed by atoms with Gasteiger partial charge < -0.3 is 43.0 Å². The summed E-state index contributed by atoms with van der Waals surface area (Å²) in [5.41, 5.74) is 2.46. The fraction of sp³-hybridized carbons (Fsp3) is 0.413. The highest BCUT2D eigenvalue weighted by molar-refractivity contribution is 5.89. The van der Waals surface area contributed by atoms with Crippen molar-refractivity contribution in [2.45, 2.75) is 89.7 Å². The Morgan fingerprint density at radius 1 is 0.804 bits per heavy atom. The van der Waals surface area contributed by atoms with Crippen molar-refractivity contribution in [1.29, 1.82) is 0 Å². The molecule has 1 fully saturated rings. The third-order valence-corrected chi connectivity index (χ3v) is 10.2. The molecule has 0 bridgehead atoms. The lowest BCUT2D eigenvalue weighted by Gasteiger charge is -2.53. The molecule has 1 aliphatic heterocycles. The van der Waals surface area contributed by atoms with Crippen LogP contribution in [0.15, 0.2) is 121 Å². The van der Waals surface area contributed by atoms with Crippen LogP contribution in [0.4, 0.5) is 0 Å². The fourth-order valence-electron chi connectivity index (χ4n) is 6.91. The lowest BCUT2D eigenvalue weighted by atomic mass is 9.75. The zero-order valence-electron chi connectivity index (χ0n) is 33.3. The molecule has 1 aliphatic rings. The van der Waals surface area contributed by atoms with Gasteiger partial charge >= 0.3 is 5.97 Å². The van der Waals surface area contributed by atoms with Crippen LogP contribution in [0, 0.1) is 5.41 Å². The quantitative estimate of drug-likeness (QED) is 0.0538. The van der Waals surface area contributed by atoms with Crippen molar-refractivity contribution in [3.63, 3.8) is 0 Å². The Hall–Kier alpha value is -4.55. The molecule has 4 aromatic carbocycles. The van der Waals surface area contributed by atoms with Crippen LogP contribution in [0.1, 0.15) is 60.7 Å². The molecule has 0 aromatic heterocycles. The van der Waals surface area contributed by atoms with Gasteiger partial charge in [-0.1, -0.05) is 98.8 Å². The molecule has 0 aliphatic carbocycles. The van der Waals surface area contributed by atoms with E-state index in [4.69, 9.17) is 37.9 Å². The predicted octanol–water partition coefficient (Wildman–Crippen LogP) is 8.10. The normalized spacial score (nSPS) is 21.0. The molecule has 4 aromatic rings. The van der Waals surface area contributed by atoms with Crippen LogP contribution in [0.25, 0.3) is 0 Å². The molecule has 0 saturated carbocycles. The molecular weight excluding hydrogens is 712 g/mol. The van der Waals surface area contributed by atoms with Gasteiger partial charge in [-0.3, -0.25) is 0 Å². The molecule has 300 valence electrons. The predicted molar refractivity (Wildman–Crippen MR) is 213 cm³/mol. The lowest BCUT2D eigenvalue weighted by molar-refractivity contribution is -0.366. The molecule has 1 heterocycles. The maximum Gasteiger partial charge on any atom is 0.338 e. The van der Waals surface area contributed by atoms with Crippen molar-refractivity contribution in [2.24, 2.45) is 5.41 Å². The molecule has 10 heteroatoms. The summed E-state index contributed by atoms with van der Waals surface area (Å²) in [7, 11) is 4.77. The molecule has 6 atom stereocenters. The number of methoxy groups -OCH3 is 3. The van der Waals surface area contributed by atoms with Gasteiger partial charge in [0, 0.05) is 25.4 Å². The minimum Gasteiger partial charge on any atom is -0.497 e. The Bertz CT molecular complexity index is 1780. The summed E-state index contributed by atoms with van der Waals surface area (Å²) >= 11 is 0. The van der Waals surface area contributed by atoms with Crippen LogP contribution in [-0.4, -0.2) is 75.3 Å². The summed E-state index contributed by atoms with van der Waals surface area (Å²) in [6, 6.07) is 34.1. The van der Waals surface area contributed by atoms with E-state index >= 15 is 0 Å². The fourth-order valence-corrected chi connectivity index (χ4v) is 6.91. The van der Waals surface area contributed by atoms with E-state index in [9.17, 15) is 9.90 Å². The maximum absolute atomic E-state index is 13.5. The van der Waals surface area contributed by atoms with Crippen LogP contribution in [0.3, 0.4) is 0 Å². The number of benzene rings is 4. The first kappa shape index (κ1) is 42.6. The first-order valence-electron chi connectivity index (χ1n) is 19.0. The minimum atomic E-state index is -1.63. The monoisotopic (exact) mass is 768 g/mol. The Morgan fingerprint density at radius 3 is 1.95 bits per heavy atom. The van der Waals surface area contributed by atoms with Gasteiger partial charge in [0.2, 0.25) is 5.79 Å². The second kappa shape index (κ2) is 20.6. The van der Waals surface area contributed by atoms with Crippen LogP contribution in [-0.2, 0) is 48.2 Å². The van der Waals surface area contributed by atoms with Gasteiger partial charge in [-0.05, 0) is 60.0 Å². The van der Waals surface area contributed by atoms with Gasteiger partial charge in [-0.15, -0.1) is 0 Å². The second-order valence-electron chi connectivity index (χ2n) is 14.5. The van der Waals surface area contributed by atoms with Crippen LogP contribution >= 0.6 is 0 Å². The van der Waals surface area contributed by atoms with Crippen LogP contribution in [0.2, 0.25) is 0 Å². The van der Waals surface area contributed by atoms with E-state index in [0.717, 1.165) is 28.2 Å². The van der Waals surface area contributed by atoms with Crippen molar-refractivity contribution in [3.05, 3.63) is 144 Å². The van der Waals surface area contributed by atoms with E-state index in [0.29, 0.717) is 38.4 Å². The summed E-state index contributed by atoms with van der Waals surface area (Å²) in [4.78, 5) is 13.5. The molecule has 56 heavy (non-hydrogen) atoms. The summed E-state index contributed by atoms with van der Waals surface area (Å²) in [6.07, 6.45) is 0.648. The smallest absolute Gasteiger partial charge is 0.338 e. The zero-order chi connectivity index (χ0) is 40.0. The summed E-state index contributed by atoms with van der Waals surface area (Å²) < 4.78 is 48.7. The molecule has 0 spiro atoms. The van der Waals surface area contributed by atoms with Crippen LogP contribution < -0.4 is 9.47 Å². The first-order chi connectivity index (χ1) is 27.1. The third kappa shape index (κ3) is 11.3. The number of carbonyl (C=O) groups is 1. The van der Waals surface area contributed by atoms with Crippen molar-refractivity contribution in [3.8, 4) is 11.5 Å². The average molecular weight is 769 g/mol. The van der Waals surface area contributed by atoms with E-state index in [1.54, 1.807) is 38.5 Å². The highest BCUT2D eigenvalue weighted by atomic mass is 16.7. The zero-order valence-corrected chi connectivity index (χ0v) is 33.3. The SMILES string of the molecule is COc1ccc(COCC=CC(C)(C)[C@]2(OC)O[C@H](C[C@@H](OCc3ccc(OC)cc3)[C@@H](C)OCc3ccccc3)C[C@H](OC(=O)c3ccccc3)[C@@H]2O)cc1. The number of carbonyl (C=O) groups excluding carboxylic acids is 1. The van der Waals surface area contributed by atoms with Gasteiger partial charge in [0.15, 0.2) is 0 Å². The summed E-state index contributed by atoms with van der Waals surface area (Å²) in [5.74, 6) is -0.640. The van der Waals surface area contributed by atoms with E-state index in [-0.39, 0.29) is 12.5 Å². The topological polar surface area (TPSA) is 111 Å². The van der Waals surface area contributed by atoms with Gasteiger partial charge in [-0.2, -0.15) is 0 Å². The van der Waals surface area contributed by atoms with Gasteiger partial charge in [0.05, 0.1) is 64.5 Å². The number of hydrogen-bond acceptors (Lipinski definition) is 10. The van der Waals surface area contributed by atoms with Crippen molar-refractivity contribution < 1.29 is 47.8 Å². The van der Waals surface area contributed by atoms with Crippen molar-refractivity contribution >= 4 is 5.97 Å². The molecule has 1 N–H and O–H groups in total. The van der Waals surface area contributed by atoms with Gasteiger partial charge in [-0.25, -0.2) is 4.79 Å². The molecule has 5 rings (SSSR count).